The van der Waals surface area contributed by atoms with Gasteiger partial charge in [0.25, 0.3) is 6.43 Å². The zero-order valence-corrected chi connectivity index (χ0v) is 11.4. The first-order chi connectivity index (χ1) is 10.3. The van der Waals surface area contributed by atoms with Crippen LogP contribution in [-0.2, 0) is 10.3 Å². The van der Waals surface area contributed by atoms with Gasteiger partial charge in [0.1, 0.15) is 18.3 Å². The van der Waals surface area contributed by atoms with Crippen molar-refractivity contribution in [2.24, 2.45) is 4.99 Å². The number of alkyl halides is 2. The van der Waals surface area contributed by atoms with E-state index in [0.29, 0.717) is 0 Å². The third-order valence-electron chi connectivity index (χ3n) is 3.27. The first kappa shape index (κ1) is 16.1. The molecule has 1 aromatic carbocycles. The van der Waals surface area contributed by atoms with Gasteiger partial charge in [-0.05, 0) is 18.2 Å². The number of anilines is 1. The highest BCUT2D eigenvalue weighted by Crippen LogP contribution is 2.39. The summed E-state index contributed by atoms with van der Waals surface area (Å²) in [6.45, 7) is -0.419. The number of amides is 1. The Hall–Kier alpha value is -2.29. The molecule has 1 atom stereocenters. The Morgan fingerprint density at radius 2 is 2.23 bits per heavy atom. The Morgan fingerprint density at radius 3 is 2.86 bits per heavy atom. The fourth-order valence-electron chi connectivity index (χ4n) is 2.26. The molecule has 1 aliphatic rings. The van der Waals surface area contributed by atoms with E-state index in [9.17, 15) is 18.0 Å². The fraction of sp³-hybridized carbons (Fsp3) is 0.385. The molecule has 0 spiro atoms. The number of ether oxygens (including phenoxy) is 1. The van der Waals surface area contributed by atoms with Crippen LogP contribution in [0.3, 0.4) is 0 Å². The monoisotopic (exact) mass is 317 g/mol. The Kier molecular flexibility index (Phi) is 4.55. The van der Waals surface area contributed by atoms with Gasteiger partial charge in [0.15, 0.2) is 5.54 Å². The lowest BCUT2D eigenvalue weighted by atomic mass is 9.87. The van der Waals surface area contributed by atoms with Gasteiger partial charge in [0.2, 0.25) is 0 Å². The number of nitrogens with zero attached hydrogens (tertiary/aromatic N) is 1. The van der Waals surface area contributed by atoms with E-state index in [-0.39, 0.29) is 31.2 Å². The minimum absolute atomic E-state index is 0.101. The number of halogens is 3. The second kappa shape index (κ2) is 6.22. The van der Waals surface area contributed by atoms with Crippen molar-refractivity contribution in [3.63, 3.8) is 0 Å². The van der Waals surface area contributed by atoms with Crippen LogP contribution in [0.5, 0.6) is 0 Å². The molecule has 0 saturated heterocycles. The van der Waals surface area contributed by atoms with Gasteiger partial charge in [0, 0.05) is 17.7 Å². The van der Waals surface area contributed by atoms with Gasteiger partial charge in [-0.2, -0.15) is 0 Å². The number of nitrogen functional groups attached to an aromatic ring is 1. The molecule has 1 heterocycles. The predicted molar refractivity (Wildman–Crippen MR) is 72.5 cm³/mol. The molecule has 1 unspecified atom stereocenters. The lowest BCUT2D eigenvalue weighted by molar-refractivity contribution is 0.0331. The summed E-state index contributed by atoms with van der Waals surface area (Å²) < 4.78 is 46.5. The highest BCUT2D eigenvalue weighted by atomic mass is 19.3. The summed E-state index contributed by atoms with van der Waals surface area (Å²) in [5.41, 5.74) is 3.00. The summed E-state index contributed by atoms with van der Waals surface area (Å²) >= 11 is 0. The van der Waals surface area contributed by atoms with Crippen LogP contribution in [0.1, 0.15) is 12.0 Å². The zero-order chi connectivity index (χ0) is 16.3. The number of rotatable bonds is 2. The number of carbonyl (C=O) groups is 1. The first-order valence-electron chi connectivity index (χ1n) is 6.35. The molecule has 4 N–H and O–H groups in total. The fourth-order valence-corrected chi connectivity index (χ4v) is 2.26. The van der Waals surface area contributed by atoms with Gasteiger partial charge in [-0.1, -0.05) is 0 Å². The molecular formula is C13H14F3N3O3. The Bertz CT molecular complexity index is 609. The van der Waals surface area contributed by atoms with Crippen LogP contribution in [0.25, 0.3) is 0 Å². The van der Waals surface area contributed by atoms with Crippen LogP contribution in [0, 0.1) is 5.82 Å². The molecule has 0 fully saturated rings. The van der Waals surface area contributed by atoms with Crippen LogP contribution < -0.4 is 11.1 Å². The van der Waals surface area contributed by atoms with Crippen molar-refractivity contribution < 1.29 is 27.8 Å². The van der Waals surface area contributed by atoms with Gasteiger partial charge < -0.3 is 15.6 Å². The van der Waals surface area contributed by atoms with Crippen LogP contribution in [-0.4, -0.2) is 36.7 Å². The van der Waals surface area contributed by atoms with Crippen LogP contribution in [0.4, 0.5) is 23.7 Å². The maximum atomic E-state index is 14.0. The third-order valence-corrected chi connectivity index (χ3v) is 3.27. The molecule has 9 heteroatoms. The maximum Gasteiger partial charge on any atom is 0.410 e. The highest BCUT2D eigenvalue weighted by molar-refractivity contribution is 5.95. The number of carboxylic acid groups (broad SMARTS) is 1. The molecule has 0 saturated carbocycles. The Morgan fingerprint density at radius 1 is 1.50 bits per heavy atom. The van der Waals surface area contributed by atoms with E-state index in [1.54, 1.807) is 0 Å². The first-order valence-corrected chi connectivity index (χ1v) is 6.35. The van der Waals surface area contributed by atoms with Gasteiger partial charge in [-0.15, -0.1) is 0 Å². The zero-order valence-electron chi connectivity index (χ0n) is 11.4. The number of aliphatic imine (C=N–C) groups is 1. The summed E-state index contributed by atoms with van der Waals surface area (Å²) in [6.07, 6.45) is -4.85. The van der Waals surface area contributed by atoms with Gasteiger partial charge in [-0.3, -0.25) is 10.3 Å². The smallest absolute Gasteiger partial charge is 0.410 e. The molecule has 2 rings (SSSR count). The van der Waals surface area contributed by atoms with E-state index in [2.05, 4.69) is 4.99 Å². The largest absolute Gasteiger partial charge is 0.465 e. The summed E-state index contributed by atoms with van der Waals surface area (Å²) in [6, 6.07) is 3.29. The van der Waals surface area contributed by atoms with E-state index in [1.807, 2.05) is 5.32 Å². The summed E-state index contributed by atoms with van der Waals surface area (Å²) in [5, 5.41) is 10.6. The molecule has 120 valence electrons. The predicted octanol–water partition coefficient (Wildman–Crippen LogP) is 1.95. The molecule has 22 heavy (non-hydrogen) atoms. The molecule has 1 amide bonds. The van der Waals surface area contributed by atoms with Crippen molar-refractivity contribution in [2.75, 3.05) is 18.9 Å². The van der Waals surface area contributed by atoms with E-state index in [1.165, 1.54) is 6.07 Å². The number of hydrogen-bond acceptors (Lipinski definition) is 4. The summed E-state index contributed by atoms with van der Waals surface area (Å²) in [5.74, 6) is -1.21. The molecule has 6 nitrogen and oxygen atoms in total. The Labute approximate surface area is 123 Å². The van der Waals surface area contributed by atoms with Crippen molar-refractivity contribution in [3.05, 3.63) is 29.6 Å². The second-order valence-corrected chi connectivity index (χ2v) is 4.76. The van der Waals surface area contributed by atoms with Crippen LogP contribution in [0.15, 0.2) is 23.2 Å². The number of nitrogens with one attached hydrogen (secondary N) is 1. The van der Waals surface area contributed by atoms with E-state index in [0.717, 1.165) is 12.1 Å². The van der Waals surface area contributed by atoms with Gasteiger partial charge in [-0.25, -0.2) is 18.0 Å². The second-order valence-electron chi connectivity index (χ2n) is 4.76. The van der Waals surface area contributed by atoms with Crippen molar-refractivity contribution in [1.29, 1.82) is 0 Å². The van der Waals surface area contributed by atoms with Crippen molar-refractivity contribution in [3.8, 4) is 0 Å². The van der Waals surface area contributed by atoms with Gasteiger partial charge in [0.05, 0.1) is 6.61 Å². The highest BCUT2D eigenvalue weighted by Gasteiger charge is 2.45. The third kappa shape index (κ3) is 3.14. The summed E-state index contributed by atoms with van der Waals surface area (Å²) in [4.78, 5) is 14.5. The molecule has 0 aliphatic carbocycles. The molecule has 0 aromatic heterocycles. The van der Waals surface area contributed by atoms with Crippen LogP contribution in [0.2, 0.25) is 0 Å². The van der Waals surface area contributed by atoms with E-state index < -0.39 is 29.4 Å². The SMILES string of the molecule is Nc1ccc(F)c(C2(C(F)F)CCOCC(NC(=O)O)=N2)c1. The molecule has 1 aromatic rings. The van der Waals surface area contributed by atoms with Crippen molar-refractivity contribution in [1.82, 2.24) is 5.32 Å². The number of benzene rings is 1. The molecule has 1 aliphatic heterocycles. The summed E-state index contributed by atoms with van der Waals surface area (Å²) in [7, 11) is 0. The number of hydrogen-bond donors (Lipinski definition) is 3. The van der Waals surface area contributed by atoms with E-state index in [4.69, 9.17) is 15.6 Å². The van der Waals surface area contributed by atoms with Gasteiger partial charge >= 0.3 is 6.09 Å². The Balaban J connectivity index is 2.59. The normalized spacial score (nSPS) is 22.1. The minimum atomic E-state index is -3.07. The minimum Gasteiger partial charge on any atom is -0.465 e. The molecule has 0 bridgehead atoms. The standard InChI is InChI=1S/C13H14F3N3O3/c14-9-2-1-7(17)5-8(9)13(11(15)16)3-4-22-6-10(19-13)18-12(20)21/h1-2,5,11H,3-4,6,17H2,(H,18,19)(H,20,21). The van der Waals surface area contributed by atoms with Crippen LogP contribution >= 0.6 is 0 Å². The average Bonchev–Trinajstić information content (AvgIpc) is 2.64. The molecule has 0 radical (unpaired) electrons. The van der Waals surface area contributed by atoms with E-state index >= 15 is 0 Å². The number of amidine groups is 1. The lowest BCUT2D eigenvalue weighted by Crippen LogP contribution is -2.38. The maximum absolute atomic E-state index is 14.0. The topological polar surface area (TPSA) is 96.9 Å². The van der Waals surface area contributed by atoms with Crippen molar-refractivity contribution in [2.45, 2.75) is 18.4 Å². The quantitative estimate of drug-likeness (QED) is 0.726. The average molecular weight is 317 g/mol. The number of nitrogens with two attached hydrogens (primary N) is 1. The molecular weight excluding hydrogens is 303 g/mol. The lowest BCUT2D eigenvalue weighted by Gasteiger charge is -2.29. The van der Waals surface area contributed by atoms with Crippen molar-refractivity contribution >= 4 is 17.6 Å².